The number of aryl methyl sites for hydroxylation is 1. The lowest BCUT2D eigenvalue weighted by Gasteiger charge is -2.10. The Labute approximate surface area is 122 Å². The lowest BCUT2D eigenvalue weighted by Crippen LogP contribution is -2.06. The van der Waals surface area contributed by atoms with Crippen molar-refractivity contribution >= 4 is 17.1 Å². The number of ketones is 1. The Hall–Kier alpha value is -1.56. The van der Waals surface area contributed by atoms with Crippen molar-refractivity contribution in [2.75, 3.05) is 6.54 Å². The summed E-state index contributed by atoms with van der Waals surface area (Å²) in [7, 11) is 0. The van der Waals surface area contributed by atoms with E-state index >= 15 is 0 Å². The van der Waals surface area contributed by atoms with Crippen molar-refractivity contribution < 1.29 is 9.90 Å². The van der Waals surface area contributed by atoms with E-state index in [9.17, 15) is 9.90 Å². The fourth-order valence-electron chi connectivity index (χ4n) is 2.08. The van der Waals surface area contributed by atoms with Crippen molar-refractivity contribution in [3.63, 3.8) is 0 Å². The monoisotopic (exact) mass is 290 g/mol. The molecular formula is C15H18N2O2S. The summed E-state index contributed by atoms with van der Waals surface area (Å²) in [6.07, 6.45) is -0.0699. The van der Waals surface area contributed by atoms with Crippen LogP contribution in [0.15, 0.2) is 24.3 Å². The number of aliphatic hydroxyl groups excluding tert-OH is 1. The van der Waals surface area contributed by atoms with Gasteiger partial charge in [-0.2, -0.15) is 0 Å². The Morgan fingerprint density at radius 3 is 2.90 bits per heavy atom. The van der Waals surface area contributed by atoms with Crippen LogP contribution < -0.4 is 5.73 Å². The summed E-state index contributed by atoms with van der Waals surface area (Å²) in [4.78, 5) is 16.8. The molecule has 1 unspecified atom stereocenters. The first-order valence-corrected chi connectivity index (χ1v) is 7.31. The molecule has 1 heterocycles. The quantitative estimate of drug-likeness (QED) is 0.830. The van der Waals surface area contributed by atoms with Crippen LogP contribution in [-0.4, -0.2) is 22.4 Å². The number of hydrogen-bond donors (Lipinski definition) is 2. The Balaban J connectivity index is 2.43. The minimum atomic E-state index is -0.583. The first-order chi connectivity index (χ1) is 9.52. The number of hydrogen-bond acceptors (Lipinski definition) is 5. The minimum absolute atomic E-state index is 0.0125. The third-order valence-corrected chi connectivity index (χ3v) is 4.11. The number of benzene rings is 1. The van der Waals surface area contributed by atoms with Crippen LogP contribution in [0.25, 0.3) is 11.3 Å². The van der Waals surface area contributed by atoms with Gasteiger partial charge in [0.15, 0.2) is 5.78 Å². The molecule has 0 bridgehead atoms. The molecule has 0 amide bonds. The third kappa shape index (κ3) is 3.12. The predicted octanol–water partition coefficient (Wildman–Crippen LogP) is 2.70. The smallest absolute Gasteiger partial charge is 0.172 e. The second-order valence-corrected chi connectivity index (χ2v) is 5.89. The van der Waals surface area contributed by atoms with Crippen LogP contribution in [0.5, 0.6) is 0 Å². The summed E-state index contributed by atoms with van der Waals surface area (Å²) < 4.78 is 0. The van der Waals surface area contributed by atoms with E-state index in [1.54, 1.807) is 6.92 Å². The highest BCUT2D eigenvalue weighted by molar-refractivity contribution is 7.14. The van der Waals surface area contributed by atoms with Crippen molar-refractivity contribution in [3.05, 3.63) is 39.7 Å². The Morgan fingerprint density at radius 1 is 1.50 bits per heavy atom. The number of aromatic nitrogens is 1. The van der Waals surface area contributed by atoms with Gasteiger partial charge in [-0.25, -0.2) is 4.98 Å². The molecule has 0 radical (unpaired) electrons. The van der Waals surface area contributed by atoms with Gasteiger partial charge in [0.25, 0.3) is 0 Å². The van der Waals surface area contributed by atoms with Gasteiger partial charge in [-0.05, 0) is 31.5 Å². The van der Waals surface area contributed by atoms with E-state index in [4.69, 9.17) is 5.73 Å². The van der Waals surface area contributed by atoms with Crippen molar-refractivity contribution in [1.29, 1.82) is 0 Å². The number of nitrogens with zero attached hydrogens (tertiary/aromatic N) is 1. The number of thiazole rings is 1. The fourth-order valence-corrected chi connectivity index (χ4v) is 2.92. The summed E-state index contributed by atoms with van der Waals surface area (Å²) in [6.45, 7) is 3.86. The van der Waals surface area contributed by atoms with E-state index in [1.807, 2.05) is 31.2 Å². The summed E-state index contributed by atoms with van der Waals surface area (Å²) in [5.74, 6) is 0.0125. The normalized spacial score (nSPS) is 12.4. The van der Waals surface area contributed by atoms with E-state index in [0.29, 0.717) is 23.5 Å². The van der Waals surface area contributed by atoms with Crippen LogP contribution in [0.1, 0.15) is 39.7 Å². The zero-order valence-corrected chi connectivity index (χ0v) is 12.4. The highest BCUT2D eigenvalue weighted by Gasteiger charge is 2.16. The van der Waals surface area contributed by atoms with Crippen LogP contribution in [0.4, 0.5) is 0 Å². The molecule has 106 valence electrons. The summed E-state index contributed by atoms with van der Waals surface area (Å²) in [6, 6.07) is 7.50. The molecule has 5 heteroatoms. The number of nitrogens with two attached hydrogens (primary N) is 1. The van der Waals surface area contributed by atoms with Crippen molar-refractivity contribution in [1.82, 2.24) is 4.98 Å². The maximum atomic E-state index is 11.7. The first-order valence-electron chi connectivity index (χ1n) is 6.49. The van der Waals surface area contributed by atoms with Crippen molar-refractivity contribution in [3.8, 4) is 11.3 Å². The lowest BCUT2D eigenvalue weighted by molar-refractivity contribution is 0.102. The largest absolute Gasteiger partial charge is 0.388 e. The second-order valence-electron chi connectivity index (χ2n) is 4.69. The van der Waals surface area contributed by atoms with E-state index in [-0.39, 0.29) is 5.78 Å². The highest BCUT2D eigenvalue weighted by atomic mass is 32.1. The molecule has 0 saturated heterocycles. The third-order valence-electron chi connectivity index (χ3n) is 3.04. The van der Waals surface area contributed by atoms with Crippen LogP contribution in [0.3, 0.4) is 0 Å². The van der Waals surface area contributed by atoms with Crippen LogP contribution in [0, 0.1) is 6.92 Å². The second kappa shape index (κ2) is 6.26. The molecular weight excluding hydrogens is 272 g/mol. The zero-order valence-electron chi connectivity index (χ0n) is 11.6. The molecule has 2 rings (SSSR count). The Bertz CT molecular complexity index is 622. The summed E-state index contributed by atoms with van der Waals surface area (Å²) in [5.41, 5.74) is 7.82. The van der Waals surface area contributed by atoms with Crippen LogP contribution in [-0.2, 0) is 0 Å². The van der Waals surface area contributed by atoms with Gasteiger partial charge in [0.1, 0.15) is 0 Å². The standard InChI is InChI=1S/C15H18N2O2S/c1-9(18)15-14(17-10(2)20-15)12-5-3-4-11(8-12)13(19)6-7-16/h3-5,8,13,19H,6-7,16H2,1-2H3. The highest BCUT2D eigenvalue weighted by Crippen LogP contribution is 2.30. The molecule has 0 aliphatic carbocycles. The average molecular weight is 290 g/mol. The fraction of sp³-hybridized carbons (Fsp3) is 0.333. The zero-order chi connectivity index (χ0) is 14.7. The van der Waals surface area contributed by atoms with Crippen molar-refractivity contribution in [2.24, 2.45) is 5.73 Å². The maximum Gasteiger partial charge on any atom is 0.172 e. The topological polar surface area (TPSA) is 76.2 Å². The summed E-state index contributed by atoms with van der Waals surface area (Å²) >= 11 is 1.40. The number of aliphatic hydroxyl groups is 1. The number of carbonyl (C=O) groups is 1. The van der Waals surface area contributed by atoms with Gasteiger partial charge in [-0.1, -0.05) is 18.2 Å². The van der Waals surface area contributed by atoms with Gasteiger partial charge in [0.2, 0.25) is 0 Å². The summed E-state index contributed by atoms with van der Waals surface area (Å²) in [5, 5.41) is 10.9. The van der Waals surface area contributed by atoms with Gasteiger partial charge in [0, 0.05) is 12.5 Å². The Kier molecular flexibility index (Phi) is 4.65. The van der Waals surface area contributed by atoms with Gasteiger partial charge >= 0.3 is 0 Å². The molecule has 20 heavy (non-hydrogen) atoms. The molecule has 0 aliphatic rings. The molecule has 1 atom stereocenters. The number of Topliss-reactive ketones (excluding diaryl/α,β-unsaturated/α-hetero) is 1. The lowest BCUT2D eigenvalue weighted by atomic mass is 10.0. The maximum absolute atomic E-state index is 11.7. The Morgan fingerprint density at radius 2 is 2.25 bits per heavy atom. The molecule has 2 aromatic rings. The molecule has 0 spiro atoms. The van der Waals surface area contributed by atoms with Crippen molar-refractivity contribution in [2.45, 2.75) is 26.4 Å². The van der Waals surface area contributed by atoms with Crippen LogP contribution >= 0.6 is 11.3 Å². The molecule has 0 aliphatic heterocycles. The molecule has 1 aromatic carbocycles. The molecule has 0 saturated carbocycles. The predicted molar refractivity (Wildman–Crippen MR) is 80.9 cm³/mol. The van der Waals surface area contributed by atoms with E-state index in [1.165, 1.54) is 11.3 Å². The number of carbonyl (C=O) groups excluding carboxylic acids is 1. The van der Waals surface area contributed by atoms with E-state index < -0.39 is 6.10 Å². The SMILES string of the molecule is CC(=O)c1sc(C)nc1-c1cccc(C(O)CCN)c1. The first kappa shape index (κ1) is 14.8. The van der Waals surface area contributed by atoms with Crippen LogP contribution in [0.2, 0.25) is 0 Å². The van der Waals surface area contributed by atoms with Gasteiger partial charge in [-0.15, -0.1) is 11.3 Å². The minimum Gasteiger partial charge on any atom is -0.388 e. The molecule has 1 aromatic heterocycles. The molecule has 3 N–H and O–H groups in total. The van der Waals surface area contributed by atoms with E-state index in [2.05, 4.69) is 4.98 Å². The van der Waals surface area contributed by atoms with Gasteiger partial charge in [0.05, 0.1) is 21.7 Å². The average Bonchev–Trinajstić information content (AvgIpc) is 2.81. The van der Waals surface area contributed by atoms with Gasteiger partial charge in [-0.3, -0.25) is 4.79 Å². The van der Waals surface area contributed by atoms with Gasteiger partial charge < -0.3 is 10.8 Å². The number of rotatable bonds is 5. The molecule has 0 fully saturated rings. The molecule has 4 nitrogen and oxygen atoms in total. The van der Waals surface area contributed by atoms with E-state index in [0.717, 1.165) is 16.1 Å².